The minimum absolute atomic E-state index is 0.793. The molecule has 0 saturated carbocycles. The first-order valence-corrected chi connectivity index (χ1v) is 5.08. The van der Waals surface area contributed by atoms with E-state index in [1.54, 1.807) is 0 Å². The largest absolute Gasteiger partial charge is 0.346 e. The molecule has 0 amide bonds. The third-order valence-electron chi connectivity index (χ3n) is 2.34. The van der Waals surface area contributed by atoms with E-state index in [2.05, 4.69) is 22.1 Å². The summed E-state index contributed by atoms with van der Waals surface area (Å²) in [7, 11) is 1.96. The third-order valence-corrected chi connectivity index (χ3v) is 2.57. The Morgan fingerprint density at radius 1 is 1.36 bits per heavy atom. The lowest BCUT2D eigenvalue weighted by molar-refractivity contribution is 0.662. The van der Waals surface area contributed by atoms with Gasteiger partial charge in [-0.3, -0.25) is 0 Å². The number of fused-ring (bicyclic) bond motifs is 1. The Labute approximate surface area is 88.5 Å². The van der Waals surface area contributed by atoms with Gasteiger partial charge in [0.15, 0.2) is 0 Å². The molecule has 3 heteroatoms. The van der Waals surface area contributed by atoms with Gasteiger partial charge in [0, 0.05) is 29.8 Å². The number of hydrogen-bond donors (Lipinski definition) is 1. The Kier molecular flexibility index (Phi) is 2.75. The van der Waals surface area contributed by atoms with Gasteiger partial charge in [0.05, 0.1) is 0 Å². The Morgan fingerprint density at radius 2 is 2.21 bits per heavy atom. The van der Waals surface area contributed by atoms with Crippen molar-refractivity contribution in [3.63, 3.8) is 0 Å². The van der Waals surface area contributed by atoms with Gasteiger partial charge in [-0.15, -0.1) is 0 Å². The average molecular weight is 209 g/mol. The number of nitrogens with one attached hydrogen (secondary N) is 1. The molecule has 0 radical (unpaired) electrons. The molecule has 0 aliphatic carbocycles. The van der Waals surface area contributed by atoms with E-state index < -0.39 is 0 Å². The highest BCUT2D eigenvalue weighted by Crippen LogP contribution is 2.20. The number of hydrogen-bond acceptors (Lipinski definition) is 1. The summed E-state index contributed by atoms with van der Waals surface area (Å²) in [5, 5.41) is 5.17. The normalized spacial score (nSPS) is 11.0. The third kappa shape index (κ3) is 1.76. The lowest BCUT2D eigenvalue weighted by Gasteiger charge is -2.04. The summed E-state index contributed by atoms with van der Waals surface area (Å²) in [6.07, 6.45) is 2.10. The predicted octanol–water partition coefficient (Wildman–Crippen LogP) is 2.51. The SMILES string of the molecule is CNCCn1ccc2ccc(Cl)cc21. The van der Waals surface area contributed by atoms with Crippen molar-refractivity contribution >= 4 is 22.5 Å². The predicted molar refractivity (Wildman–Crippen MR) is 60.9 cm³/mol. The molecule has 2 aromatic rings. The van der Waals surface area contributed by atoms with Crippen molar-refractivity contribution in [3.8, 4) is 0 Å². The molecular formula is C11H13ClN2. The van der Waals surface area contributed by atoms with E-state index in [1.165, 1.54) is 10.9 Å². The van der Waals surface area contributed by atoms with Crippen molar-refractivity contribution in [3.05, 3.63) is 35.5 Å². The monoisotopic (exact) mass is 208 g/mol. The van der Waals surface area contributed by atoms with Gasteiger partial charge < -0.3 is 9.88 Å². The van der Waals surface area contributed by atoms with Gasteiger partial charge >= 0.3 is 0 Å². The zero-order valence-corrected chi connectivity index (χ0v) is 8.88. The summed E-state index contributed by atoms with van der Waals surface area (Å²) in [6.45, 7) is 1.94. The molecule has 0 aliphatic heterocycles. The molecule has 14 heavy (non-hydrogen) atoms. The topological polar surface area (TPSA) is 17.0 Å². The molecule has 1 aromatic carbocycles. The number of halogens is 1. The lowest BCUT2D eigenvalue weighted by atomic mass is 10.2. The number of benzene rings is 1. The molecule has 0 fully saturated rings. The maximum absolute atomic E-state index is 5.95. The molecular weight excluding hydrogens is 196 g/mol. The van der Waals surface area contributed by atoms with Gasteiger partial charge in [-0.2, -0.15) is 0 Å². The van der Waals surface area contributed by atoms with Crippen molar-refractivity contribution in [2.45, 2.75) is 6.54 Å². The van der Waals surface area contributed by atoms with Crippen molar-refractivity contribution in [2.24, 2.45) is 0 Å². The van der Waals surface area contributed by atoms with Crippen LogP contribution in [0.4, 0.5) is 0 Å². The smallest absolute Gasteiger partial charge is 0.0495 e. The first-order valence-electron chi connectivity index (χ1n) is 4.70. The van der Waals surface area contributed by atoms with Crippen LogP contribution in [0.3, 0.4) is 0 Å². The lowest BCUT2D eigenvalue weighted by Crippen LogP contribution is -2.14. The zero-order valence-electron chi connectivity index (χ0n) is 8.13. The number of likely N-dealkylation sites (N-methyl/N-ethyl adjacent to an activating group) is 1. The summed E-state index contributed by atoms with van der Waals surface area (Å²) in [4.78, 5) is 0. The van der Waals surface area contributed by atoms with E-state index in [9.17, 15) is 0 Å². The second-order valence-electron chi connectivity index (χ2n) is 3.32. The average Bonchev–Trinajstić information content (AvgIpc) is 2.57. The maximum Gasteiger partial charge on any atom is 0.0495 e. The zero-order chi connectivity index (χ0) is 9.97. The van der Waals surface area contributed by atoms with Gasteiger partial charge in [0.25, 0.3) is 0 Å². The highest BCUT2D eigenvalue weighted by atomic mass is 35.5. The van der Waals surface area contributed by atoms with E-state index in [0.717, 1.165) is 18.1 Å². The van der Waals surface area contributed by atoms with Gasteiger partial charge in [0.2, 0.25) is 0 Å². The minimum Gasteiger partial charge on any atom is -0.346 e. The van der Waals surface area contributed by atoms with Crippen LogP contribution in [0, 0.1) is 0 Å². The Bertz CT molecular complexity index is 434. The van der Waals surface area contributed by atoms with E-state index in [0.29, 0.717) is 0 Å². The van der Waals surface area contributed by atoms with Crippen LogP contribution >= 0.6 is 11.6 Å². The Hall–Kier alpha value is -0.990. The van der Waals surface area contributed by atoms with Crippen LogP contribution in [0.5, 0.6) is 0 Å². The summed E-state index contributed by atoms with van der Waals surface area (Å²) >= 11 is 5.95. The van der Waals surface area contributed by atoms with Crippen molar-refractivity contribution in [1.29, 1.82) is 0 Å². The molecule has 2 nitrogen and oxygen atoms in total. The molecule has 0 aliphatic rings. The van der Waals surface area contributed by atoms with E-state index >= 15 is 0 Å². The van der Waals surface area contributed by atoms with Crippen molar-refractivity contribution < 1.29 is 0 Å². The van der Waals surface area contributed by atoms with Crippen LogP contribution in [0.25, 0.3) is 10.9 Å². The van der Waals surface area contributed by atoms with Crippen LogP contribution in [-0.4, -0.2) is 18.2 Å². The van der Waals surface area contributed by atoms with Crippen LogP contribution < -0.4 is 5.32 Å². The summed E-state index contributed by atoms with van der Waals surface area (Å²) in [5.74, 6) is 0. The molecule has 1 aromatic heterocycles. The van der Waals surface area contributed by atoms with Gasteiger partial charge in [-0.1, -0.05) is 17.7 Å². The highest BCUT2D eigenvalue weighted by molar-refractivity contribution is 6.31. The molecule has 0 bridgehead atoms. The summed E-state index contributed by atoms with van der Waals surface area (Å²) in [6, 6.07) is 8.09. The second kappa shape index (κ2) is 4.03. The molecule has 0 atom stereocenters. The van der Waals surface area contributed by atoms with Gasteiger partial charge in [0.1, 0.15) is 0 Å². The van der Waals surface area contributed by atoms with Crippen LogP contribution in [0.1, 0.15) is 0 Å². The van der Waals surface area contributed by atoms with Crippen LogP contribution in [-0.2, 0) is 6.54 Å². The molecule has 1 heterocycles. The fraction of sp³-hybridized carbons (Fsp3) is 0.273. The molecule has 1 N–H and O–H groups in total. The minimum atomic E-state index is 0.793. The Morgan fingerprint density at radius 3 is 3.00 bits per heavy atom. The molecule has 0 saturated heterocycles. The van der Waals surface area contributed by atoms with Crippen molar-refractivity contribution in [1.82, 2.24) is 9.88 Å². The number of nitrogens with zero attached hydrogens (tertiary/aromatic N) is 1. The fourth-order valence-electron chi connectivity index (χ4n) is 1.58. The second-order valence-corrected chi connectivity index (χ2v) is 3.75. The first kappa shape index (κ1) is 9.56. The van der Waals surface area contributed by atoms with Crippen molar-refractivity contribution in [2.75, 3.05) is 13.6 Å². The number of aromatic nitrogens is 1. The maximum atomic E-state index is 5.95. The molecule has 0 unspecified atom stereocenters. The van der Waals surface area contributed by atoms with Gasteiger partial charge in [-0.25, -0.2) is 0 Å². The standard InChI is InChI=1S/C11H13ClN2/c1-13-5-7-14-6-4-9-2-3-10(12)8-11(9)14/h2-4,6,8,13H,5,7H2,1H3. The van der Waals surface area contributed by atoms with Gasteiger partial charge in [-0.05, 0) is 30.6 Å². The highest BCUT2D eigenvalue weighted by Gasteiger charge is 2.00. The quantitative estimate of drug-likeness (QED) is 0.820. The molecule has 74 valence electrons. The fourth-order valence-corrected chi connectivity index (χ4v) is 1.75. The van der Waals surface area contributed by atoms with E-state index in [4.69, 9.17) is 11.6 Å². The van der Waals surface area contributed by atoms with E-state index in [1.807, 2.05) is 25.2 Å². The van der Waals surface area contributed by atoms with Crippen LogP contribution in [0.15, 0.2) is 30.5 Å². The summed E-state index contributed by atoms with van der Waals surface area (Å²) < 4.78 is 2.21. The molecule has 0 spiro atoms. The van der Waals surface area contributed by atoms with Crippen LogP contribution in [0.2, 0.25) is 5.02 Å². The first-order chi connectivity index (χ1) is 6.81. The van der Waals surface area contributed by atoms with E-state index in [-0.39, 0.29) is 0 Å². The number of rotatable bonds is 3. The Balaban J connectivity index is 2.40. The molecule has 2 rings (SSSR count). The summed E-state index contributed by atoms with van der Waals surface area (Å²) in [5.41, 5.74) is 1.20.